The summed E-state index contributed by atoms with van der Waals surface area (Å²) in [6.07, 6.45) is 0. The number of nitrogens with zero attached hydrogens (tertiary/aromatic N) is 1. The summed E-state index contributed by atoms with van der Waals surface area (Å²) in [5.41, 5.74) is 1.86. The standard InChI is InChI=1S/C16H24N2O2/c1-4-20-16-6-5-14(13(3)19)9-15(16)11-18-8-7-17-10-12(18)2/h5-6,9,12,17H,4,7-8,10-11H2,1-3H3/t12-/m1/s1. The Morgan fingerprint density at radius 2 is 2.30 bits per heavy atom. The molecule has 20 heavy (non-hydrogen) atoms. The van der Waals surface area contributed by atoms with Gasteiger partial charge in [0, 0.05) is 43.3 Å². The highest BCUT2D eigenvalue weighted by Crippen LogP contribution is 2.23. The van der Waals surface area contributed by atoms with Crippen LogP contribution in [0.4, 0.5) is 0 Å². The molecule has 1 aliphatic rings. The normalized spacial score (nSPS) is 19.9. The van der Waals surface area contributed by atoms with Gasteiger partial charge in [0.1, 0.15) is 5.75 Å². The number of carbonyl (C=O) groups is 1. The first-order chi connectivity index (χ1) is 9.61. The smallest absolute Gasteiger partial charge is 0.159 e. The maximum atomic E-state index is 11.6. The highest BCUT2D eigenvalue weighted by atomic mass is 16.5. The van der Waals surface area contributed by atoms with Crippen molar-refractivity contribution in [2.75, 3.05) is 26.2 Å². The molecule has 1 atom stereocenters. The lowest BCUT2D eigenvalue weighted by Gasteiger charge is -2.34. The van der Waals surface area contributed by atoms with E-state index in [4.69, 9.17) is 4.74 Å². The van der Waals surface area contributed by atoms with Crippen molar-refractivity contribution in [2.45, 2.75) is 33.4 Å². The minimum Gasteiger partial charge on any atom is -0.494 e. The van der Waals surface area contributed by atoms with Gasteiger partial charge in [-0.15, -0.1) is 0 Å². The molecular formula is C16H24N2O2. The highest BCUT2D eigenvalue weighted by Gasteiger charge is 2.19. The monoisotopic (exact) mass is 276 g/mol. The molecule has 1 N–H and O–H groups in total. The number of hydrogen-bond donors (Lipinski definition) is 1. The van der Waals surface area contributed by atoms with Crippen molar-refractivity contribution in [3.8, 4) is 5.75 Å². The largest absolute Gasteiger partial charge is 0.494 e. The van der Waals surface area contributed by atoms with Gasteiger partial charge in [-0.2, -0.15) is 0 Å². The second kappa shape index (κ2) is 6.86. The Balaban J connectivity index is 2.22. The third kappa shape index (κ3) is 3.58. The summed E-state index contributed by atoms with van der Waals surface area (Å²) in [6.45, 7) is 10.3. The van der Waals surface area contributed by atoms with E-state index in [-0.39, 0.29) is 5.78 Å². The Morgan fingerprint density at radius 3 is 2.95 bits per heavy atom. The molecule has 1 aromatic rings. The number of carbonyl (C=O) groups excluding carboxylic acids is 1. The number of ether oxygens (including phenoxy) is 1. The highest BCUT2D eigenvalue weighted by molar-refractivity contribution is 5.94. The minimum absolute atomic E-state index is 0.0997. The van der Waals surface area contributed by atoms with E-state index in [2.05, 4.69) is 17.1 Å². The van der Waals surface area contributed by atoms with Crippen molar-refractivity contribution >= 4 is 5.78 Å². The van der Waals surface area contributed by atoms with Crippen LogP contribution in [0.25, 0.3) is 0 Å². The number of rotatable bonds is 5. The van der Waals surface area contributed by atoms with Gasteiger partial charge in [-0.05, 0) is 39.0 Å². The van der Waals surface area contributed by atoms with Crippen molar-refractivity contribution in [2.24, 2.45) is 0 Å². The molecule has 0 aliphatic carbocycles. The van der Waals surface area contributed by atoms with Gasteiger partial charge in [-0.25, -0.2) is 0 Å². The molecule has 0 saturated carbocycles. The lowest BCUT2D eigenvalue weighted by Crippen LogP contribution is -2.49. The molecule has 0 radical (unpaired) electrons. The Bertz CT molecular complexity index is 474. The molecule has 0 bridgehead atoms. The van der Waals surface area contributed by atoms with Gasteiger partial charge >= 0.3 is 0 Å². The topological polar surface area (TPSA) is 41.6 Å². The number of benzene rings is 1. The zero-order valence-electron chi connectivity index (χ0n) is 12.6. The lowest BCUT2D eigenvalue weighted by molar-refractivity contribution is 0.101. The number of hydrogen-bond acceptors (Lipinski definition) is 4. The Labute approximate surface area is 121 Å². The summed E-state index contributed by atoms with van der Waals surface area (Å²) < 4.78 is 5.69. The molecule has 4 nitrogen and oxygen atoms in total. The number of nitrogens with one attached hydrogen (secondary N) is 1. The summed E-state index contributed by atoms with van der Waals surface area (Å²) in [7, 11) is 0. The van der Waals surface area contributed by atoms with E-state index in [0.717, 1.165) is 43.1 Å². The van der Waals surface area contributed by atoms with Crippen LogP contribution in [0.3, 0.4) is 0 Å². The zero-order valence-corrected chi connectivity index (χ0v) is 12.6. The van der Waals surface area contributed by atoms with Gasteiger partial charge in [0.15, 0.2) is 5.78 Å². The number of piperazine rings is 1. The summed E-state index contributed by atoms with van der Waals surface area (Å²) in [5, 5.41) is 3.39. The van der Waals surface area contributed by atoms with E-state index in [1.807, 2.05) is 25.1 Å². The van der Waals surface area contributed by atoms with Crippen LogP contribution in [0.15, 0.2) is 18.2 Å². The fourth-order valence-corrected chi connectivity index (χ4v) is 2.56. The second-order valence-electron chi connectivity index (χ2n) is 5.34. The van der Waals surface area contributed by atoms with Gasteiger partial charge in [0.05, 0.1) is 6.61 Å². The third-order valence-electron chi connectivity index (χ3n) is 3.78. The van der Waals surface area contributed by atoms with E-state index < -0.39 is 0 Å². The molecule has 1 fully saturated rings. The zero-order chi connectivity index (χ0) is 14.5. The molecule has 0 aromatic heterocycles. The summed E-state index contributed by atoms with van der Waals surface area (Å²) >= 11 is 0. The van der Waals surface area contributed by atoms with E-state index in [9.17, 15) is 4.79 Å². The molecule has 1 saturated heterocycles. The van der Waals surface area contributed by atoms with Crippen LogP contribution >= 0.6 is 0 Å². The van der Waals surface area contributed by atoms with E-state index in [1.165, 1.54) is 0 Å². The quantitative estimate of drug-likeness (QED) is 0.836. The van der Waals surface area contributed by atoms with Crippen LogP contribution in [0.1, 0.15) is 36.7 Å². The average molecular weight is 276 g/mol. The first kappa shape index (κ1) is 15.0. The first-order valence-corrected chi connectivity index (χ1v) is 7.33. The van der Waals surface area contributed by atoms with Gasteiger partial charge in [-0.1, -0.05) is 0 Å². The fourth-order valence-electron chi connectivity index (χ4n) is 2.56. The average Bonchev–Trinajstić information content (AvgIpc) is 2.43. The summed E-state index contributed by atoms with van der Waals surface area (Å²) in [4.78, 5) is 14.0. The number of Topliss-reactive ketones (excluding diaryl/α,β-unsaturated/α-hetero) is 1. The predicted molar refractivity (Wildman–Crippen MR) is 80.4 cm³/mol. The Kier molecular flexibility index (Phi) is 5.15. The molecule has 1 aliphatic heterocycles. The first-order valence-electron chi connectivity index (χ1n) is 7.33. The van der Waals surface area contributed by atoms with E-state index >= 15 is 0 Å². The van der Waals surface area contributed by atoms with Crippen LogP contribution in [0, 0.1) is 0 Å². The van der Waals surface area contributed by atoms with Crippen LogP contribution in [-0.2, 0) is 6.54 Å². The fraction of sp³-hybridized carbons (Fsp3) is 0.562. The molecule has 2 rings (SSSR count). The molecule has 0 spiro atoms. The predicted octanol–water partition coefficient (Wildman–Crippen LogP) is 2.08. The second-order valence-corrected chi connectivity index (χ2v) is 5.34. The van der Waals surface area contributed by atoms with Gasteiger partial charge < -0.3 is 10.1 Å². The van der Waals surface area contributed by atoms with Crippen LogP contribution < -0.4 is 10.1 Å². The van der Waals surface area contributed by atoms with Gasteiger partial charge in [-0.3, -0.25) is 9.69 Å². The maximum absolute atomic E-state index is 11.6. The molecule has 110 valence electrons. The van der Waals surface area contributed by atoms with Crippen molar-refractivity contribution in [1.82, 2.24) is 10.2 Å². The SMILES string of the molecule is CCOc1ccc(C(C)=O)cc1CN1CCNC[C@H]1C. The van der Waals surface area contributed by atoms with Gasteiger partial charge in [0.2, 0.25) is 0 Å². The van der Waals surface area contributed by atoms with Crippen LogP contribution in [-0.4, -0.2) is 43.0 Å². The van der Waals surface area contributed by atoms with Crippen molar-refractivity contribution in [3.05, 3.63) is 29.3 Å². The third-order valence-corrected chi connectivity index (χ3v) is 3.78. The van der Waals surface area contributed by atoms with Gasteiger partial charge in [0.25, 0.3) is 0 Å². The van der Waals surface area contributed by atoms with Crippen molar-refractivity contribution < 1.29 is 9.53 Å². The van der Waals surface area contributed by atoms with Crippen molar-refractivity contribution in [1.29, 1.82) is 0 Å². The molecule has 1 heterocycles. The summed E-state index contributed by atoms with van der Waals surface area (Å²) in [6, 6.07) is 6.24. The van der Waals surface area contributed by atoms with Crippen molar-refractivity contribution in [3.63, 3.8) is 0 Å². The summed E-state index contributed by atoms with van der Waals surface area (Å²) in [5.74, 6) is 0.992. The maximum Gasteiger partial charge on any atom is 0.159 e. The molecular weight excluding hydrogens is 252 g/mol. The lowest BCUT2D eigenvalue weighted by atomic mass is 10.1. The molecule has 0 amide bonds. The van der Waals surface area contributed by atoms with E-state index in [1.54, 1.807) is 6.92 Å². The molecule has 4 heteroatoms. The molecule has 0 unspecified atom stereocenters. The van der Waals surface area contributed by atoms with E-state index in [0.29, 0.717) is 12.6 Å². The Hall–Kier alpha value is -1.39. The molecule has 1 aromatic carbocycles. The van der Waals surface area contributed by atoms with Crippen LogP contribution in [0.2, 0.25) is 0 Å². The number of ketones is 1. The Morgan fingerprint density at radius 1 is 1.50 bits per heavy atom. The van der Waals surface area contributed by atoms with Crippen LogP contribution in [0.5, 0.6) is 5.75 Å². The minimum atomic E-state index is 0.0997.